The van der Waals surface area contributed by atoms with E-state index in [4.69, 9.17) is 116 Å². The molecule has 0 radical (unpaired) electrons. The molecule has 0 fully saturated rings. The van der Waals surface area contributed by atoms with Crippen LogP contribution in [0.1, 0.15) is 36.6 Å². The van der Waals surface area contributed by atoms with Crippen molar-refractivity contribution in [1.82, 2.24) is 0 Å². The average Bonchev–Trinajstić information content (AvgIpc) is 2.43. The number of halogens is 10. The van der Waals surface area contributed by atoms with Gasteiger partial charge in [0.25, 0.3) is 0 Å². The monoisotopic (exact) mass is 546 g/mol. The Morgan fingerprint density at radius 2 is 1.20 bits per heavy atom. The zero-order valence-electron chi connectivity index (χ0n) is 12.6. The van der Waals surface area contributed by atoms with Crippen molar-refractivity contribution in [3.05, 3.63) is 34.9 Å². The summed E-state index contributed by atoms with van der Waals surface area (Å²) in [5, 5.41) is 10.5. The highest BCUT2D eigenvalue weighted by molar-refractivity contribution is 6.76. The van der Waals surface area contributed by atoms with Gasteiger partial charge in [-0.3, -0.25) is 0 Å². The minimum absolute atomic E-state index is 0.0782. The summed E-state index contributed by atoms with van der Waals surface area (Å²) in [5.74, 6) is -0.186. The first-order valence-electron chi connectivity index (χ1n) is 6.66. The molecule has 25 heavy (non-hydrogen) atoms. The minimum Gasteiger partial charge on any atom is -0.388 e. The lowest BCUT2D eigenvalue weighted by molar-refractivity contribution is 0.125. The second kappa shape index (κ2) is 8.44. The Kier molecular flexibility index (Phi) is 8.48. The number of hydrogen-bond donors (Lipinski definition) is 1. The number of benzene rings is 1. The third kappa shape index (κ3) is 5.37. The molecule has 1 nitrogen and oxygen atoms in total. The summed E-state index contributed by atoms with van der Waals surface area (Å²) in [6, 6.07) is 4.29. The number of aliphatic hydroxyl groups excluding tert-OH is 1. The van der Waals surface area contributed by atoms with Gasteiger partial charge in [-0.1, -0.05) is 142 Å². The molecule has 11 heteroatoms. The minimum atomic E-state index is -2.14. The second-order valence-corrected chi connectivity index (χ2v) is 12.9. The van der Waals surface area contributed by atoms with Crippen LogP contribution in [0.15, 0.2) is 18.2 Å². The summed E-state index contributed by atoms with van der Waals surface area (Å²) in [7, 11) is 0. The van der Waals surface area contributed by atoms with E-state index in [1.54, 1.807) is 13.8 Å². The van der Waals surface area contributed by atoms with Crippen LogP contribution in [0.5, 0.6) is 0 Å². The lowest BCUT2D eigenvalue weighted by atomic mass is 9.91. The number of alkyl halides is 10. The molecule has 0 saturated carbocycles. The first-order chi connectivity index (χ1) is 10.9. The van der Waals surface area contributed by atoms with Gasteiger partial charge in [0.2, 0.25) is 7.59 Å². The van der Waals surface area contributed by atoms with Crippen LogP contribution in [-0.2, 0) is 8.67 Å². The third-order valence-electron chi connectivity index (χ3n) is 3.42. The van der Waals surface area contributed by atoms with Gasteiger partial charge in [-0.15, -0.1) is 0 Å². The molecule has 0 saturated heterocycles. The van der Waals surface area contributed by atoms with E-state index in [-0.39, 0.29) is 17.0 Å². The van der Waals surface area contributed by atoms with E-state index < -0.39 is 22.4 Å². The topological polar surface area (TPSA) is 20.2 Å². The van der Waals surface area contributed by atoms with Gasteiger partial charge in [0.05, 0.1) is 6.10 Å². The largest absolute Gasteiger partial charge is 0.388 e. The highest BCUT2D eigenvalue weighted by Crippen LogP contribution is 2.57. The van der Waals surface area contributed by atoms with E-state index in [0.717, 1.165) is 0 Å². The zero-order valence-corrected chi connectivity index (χ0v) is 20.2. The van der Waals surface area contributed by atoms with Crippen molar-refractivity contribution in [2.75, 3.05) is 0 Å². The fourth-order valence-electron chi connectivity index (χ4n) is 1.96. The third-order valence-corrected chi connectivity index (χ3v) is 8.26. The van der Waals surface area contributed by atoms with Crippen molar-refractivity contribution >= 4 is 116 Å². The summed E-state index contributed by atoms with van der Waals surface area (Å²) in [5.41, 5.74) is 0.545. The van der Waals surface area contributed by atoms with Crippen LogP contribution >= 0.6 is 116 Å². The van der Waals surface area contributed by atoms with E-state index >= 15 is 0 Å². The molecule has 0 amide bonds. The fourth-order valence-corrected chi connectivity index (χ4v) is 3.15. The van der Waals surface area contributed by atoms with Gasteiger partial charge >= 0.3 is 0 Å². The second-order valence-electron chi connectivity index (χ2n) is 5.64. The first-order valence-corrected chi connectivity index (χ1v) is 10.4. The van der Waals surface area contributed by atoms with Crippen molar-refractivity contribution < 1.29 is 5.11 Å². The van der Waals surface area contributed by atoms with E-state index in [9.17, 15) is 5.11 Å². The summed E-state index contributed by atoms with van der Waals surface area (Å²) in [4.78, 5) is 0. The summed E-state index contributed by atoms with van der Waals surface area (Å²) < 4.78 is -8.21. The maximum atomic E-state index is 10.5. The summed E-state index contributed by atoms with van der Waals surface area (Å²) >= 11 is 60.2. The lowest BCUT2D eigenvalue weighted by Gasteiger charge is -2.34. The van der Waals surface area contributed by atoms with Crippen LogP contribution in [0.4, 0.5) is 0 Å². The van der Waals surface area contributed by atoms with Gasteiger partial charge < -0.3 is 5.11 Å². The first kappa shape index (κ1) is 25.1. The van der Waals surface area contributed by atoms with E-state index in [2.05, 4.69) is 0 Å². The van der Waals surface area contributed by atoms with Crippen LogP contribution < -0.4 is 0 Å². The summed E-state index contributed by atoms with van der Waals surface area (Å²) in [6.07, 6.45) is -0.957. The van der Waals surface area contributed by atoms with Crippen LogP contribution in [0.3, 0.4) is 0 Å². The molecule has 0 aromatic heterocycles. The molecule has 144 valence electrons. The van der Waals surface area contributed by atoms with E-state index in [0.29, 0.717) is 5.56 Å². The van der Waals surface area contributed by atoms with Crippen LogP contribution in [-0.4, -0.2) is 12.7 Å². The SMILES string of the molecule is CC(C)C(O)c1ccc(C(Cl)(Cl)C(Cl)(Cl)Cl)cc1C(Cl)(Cl)C(Cl)(Cl)Cl. The number of hydrogen-bond acceptors (Lipinski definition) is 1. The zero-order chi connectivity index (χ0) is 20.0. The highest BCUT2D eigenvalue weighted by Gasteiger charge is 2.51. The predicted octanol–water partition coefficient (Wildman–Crippen LogP) is 8.38. The normalized spacial score (nSPS) is 15.6. The number of rotatable bonds is 4. The van der Waals surface area contributed by atoms with Crippen molar-refractivity contribution in [3.63, 3.8) is 0 Å². The molecule has 0 bridgehead atoms. The van der Waals surface area contributed by atoms with Crippen LogP contribution in [0.25, 0.3) is 0 Å². The molecule has 1 unspecified atom stereocenters. The molecule has 0 aliphatic rings. The Bertz CT molecular complexity index is 615. The molecule has 1 rings (SSSR count). The van der Waals surface area contributed by atoms with Crippen molar-refractivity contribution in [1.29, 1.82) is 0 Å². The molecular formula is C14H12Cl10O. The Morgan fingerprint density at radius 3 is 1.56 bits per heavy atom. The molecule has 1 aromatic rings. The molecule has 1 N–H and O–H groups in total. The molecule has 0 heterocycles. The Labute approximate surface area is 196 Å². The standard InChI is InChI=1S/C14H12Cl10O/c1-6(2)10(25)8-4-3-7(11(15,16)13(19,20)21)5-9(8)12(17,18)14(22,23)24/h3-6,10,25H,1-2H3. The Balaban J connectivity index is 3.72. The van der Waals surface area contributed by atoms with Crippen molar-refractivity contribution in [3.8, 4) is 0 Å². The van der Waals surface area contributed by atoms with Gasteiger partial charge in [-0.2, -0.15) is 0 Å². The highest BCUT2D eigenvalue weighted by atomic mass is 35.6. The lowest BCUT2D eigenvalue weighted by Crippen LogP contribution is -2.33. The van der Waals surface area contributed by atoms with Crippen molar-refractivity contribution in [2.24, 2.45) is 5.92 Å². The van der Waals surface area contributed by atoms with E-state index in [1.807, 2.05) is 0 Å². The predicted molar refractivity (Wildman–Crippen MR) is 114 cm³/mol. The van der Waals surface area contributed by atoms with Gasteiger partial charge in [-0.25, -0.2) is 0 Å². The van der Waals surface area contributed by atoms with Crippen LogP contribution in [0.2, 0.25) is 0 Å². The smallest absolute Gasteiger partial charge is 0.227 e. The molecule has 0 aliphatic carbocycles. The Hall–Kier alpha value is 2.08. The molecule has 0 aliphatic heterocycles. The molecule has 1 aromatic carbocycles. The van der Waals surface area contributed by atoms with Gasteiger partial charge in [0.1, 0.15) is 0 Å². The molecule has 1 atom stereocenters. The summed E-state index contributed by atoms with van der Waals surface area (Å²) in [6.45, 7) is 3.58. The average molecular weight is 551 g/mol. The molecule has 0 spiro atoms. The maximum Gasteiger partial charge on any atom is 0.227 e. The Morgan fingerprint density at radius 1 is 0.760 bits per heavy atom. The van der Waals surface area contributed by atoms with Crippen molar-refractivity contribution in [2.45, 2.75) is 36.2 Å². The maximum absolute atomic E-state index is 10.5. The number of aliphatic hydroxyl groups is 1. The van der Waals surface area contributed by atoms with Gasteiger partial charge in [-0.05, 0) is 28.7 Å². The van der Waals surface area contributed by atoms with Crippen LogP contribution in [0, 0.1) is 5.92 Å². The fraction of sp³-hybridized carbons (Fsp3) is 0.571. The van der Waals surface area contributed by atoms with Gasteiger partial charge in [0.15, 0.2) is 8.67 Å². The van der Waals surface area contributed by atoms with Gasteiger partial charge in [0, 0.05) is 0 Å². The van der Waals surface area contributed by atoms with E-state index in [1.165, 1.54) is 18.2 Å². The quantitative estimate of drug-likeness (QED) is 0.373. The molecular weight excluding hydrogens is 539 g/mol.